The Bertz CT molecular complexity index is 772. The van der Waals surface area contributed by atoms with Gasteiger partial charge in [0.05, 0.1) is 16.6 Å². The summed E-state index contributed by atoms with van der Waals surface area (Å²) in [7, 11) is 0. The third-order valence-electron chi connectivity index (χ3n) is 4.06. The Hall–Kier alpha value is -2.58. The van der Waals surface area contributed by atoms with Gasteiger partial charge in [0.2, 0.25) is 5.91 Å². The number of nitrogens with one attached hydrogen (secondary N) is 1. The van der Waals surface area contributed by atoms with Crippen LogP contribution in [0.5, 0.6) is 0 Å². The highest BCUT2D eigenvalue weighted by molar-refractivity contribution is 6.33. The lowest BCUT2D eigenvalue weighted by Gasteiger charge is -2.26. The van der Waals surface area contributed by atoms with Crippen molar-refractivity contribution >= 4 is 23.3 Å². The van der Waals surface area contributed by atoms with Crippen LogP contribution < -0.4 is 5.32 Å². The molecule has 5 nitrogen and oxygen atoms in total. The first-order valence-corrected chi connectivity index (χ1v) is 8.20. The monoisotopic (exact) mass is 340 g/mol. The Kier molecular flexibility index (Phi) is 4.97. The molecule has 24 heavy (non-hydrogen) atoms. The minimum Gasteiger partial charge on any atom is -0.360 e. The quantitative estimate of drug-likeness (QED) is 0.905. The van der Waals surface area contributed by atoms with E-state index in [-0.39, 0.29) is 11.9 Å². The second-order valence-electron chi connectivity index (χ2n) is 5.72. The summed E-state index contributed by atoms with van der Waals surface area (Å²) in [4.78, 5) is 18.1. The highest BCUT2D eigenvalue weighted by Crippen LogP contribution is 2.26. The molecule has 1 amide bonds. The van der Waals surface area contributed by atoms with Crippen LogP contribution in [0.4, 0.5) is 5.82 Å². The Morgan fingerprint density at radius 3 is 2.79 bits per heavy atom. The minimum atomic E-state index is -0.119. The summed E-state index contributed by atoms with van der Waals surface area (Å²) in [5.41, 5.74) is 1.47. The molecule has 0 radical (unpaired) electrons. The Balaban J connectivity index is 1.85. The standard InChI is InChI=1S/C18H17ClN4O/c19-15-9-13(10-20)11-21-18(15)22-16(14-5-2-1-3-6-14)12-23-8-4-7-17(23)24/h1-3,5-6,9,11,16H,4,7-8,12H2,(H,21,22)/t16-/m0/s1. The Labute approximate surface area is 145 Å². The van der Waals surface area contributed by atoms with Gasteiger partial charge >= 0.3 is 0 Å². The molecule has 1 saturated heterocycles. The second-order valence-corrected chi connectivity index (χ2v) is 6.12. The Morgan fingerprint density at radius 1 is 1.38 bits per heavy atom. The van der Waals surface area contributed by atoms with Crippen LogP contribution in [0.15, 0.2) is 42.6 Å². The van der Waals surface area contributed by atoms with E-state index in [1.54, 1.807) is 6.07 Å². The summed E-state index contributed by atoms with van der Waals surface area (Å²) in [6, 6.07) is 13.4. The first kappa shape index (κ1) is 16.3. The van der Waals surface area contributed by atoms with Gasteiger partial charge in [-0.3, -0.25) is 4.79 Å². The number of carbonyl (C=O) groups is 1. The second kappa shape index (κ2) is 7.33. The lowest BCUT2D eigenvalue weighted by molar-refractivity contribution is -0.127. The van der Waals surface area contributed by atoms with Crippen molar-refractivity contribution in [3.63, 3.8) is 0 Å². The number of amides is 1. The van der Waals surface area contributed by atoms with Gasteiger partial charge in [-0.05, 0) is 18.1 Å². The highest BCUT2D eigenvalue weighted by atomic mass is 35.5. The maximum atomic E-state index is 12.0. The predicted molar refractivity (Wildman–Crippen MR) is 92.6 cm³/mol. The van der Waals surface area contributed by atoms with Gasteiger partial charge < -0.3 is 10.2 Å². The molecule has 0 saturated carbocycles. The lowest BCUT2D eigenvalue weighted by atomic mass is 10.1. The fourth-order valence-corrected chi connectivity index (χ4v) is 3.03. The van der Waals surface area contributed by atoms with Crippen LogP contribution in [0.25, 0.3) is 0 Å². The fraction of sp³-hybridized carbons (Fsp3) is 0.278. The van der Waals surface area contributed by atoms with Crippen molar-refractivity contribution in [3.05, 3.63) is 58.7 Å². The van der Waals surface area contributed by atoms with Crippen molar-refractivity contribution in [1.29, 1.82) is 5.26 Å². The zero-order valence-corrected chi connectivity index (χ0v) is 13.8. The van der Waals surface area contributed by atoms with Gasteiger partial charge in [-0.25, -0.2) is 4.98 Å². The van der Waals surface area contributed by atoms with E-state index >= 15 is 0 Å². The smallest absolute Gasteiger partial charge is 0.222 e. The van der Waals surface area contributed by atoms with Gasteiger partial charge in [-0.15, -0.1) is 0 Å². The molecule has 1 aliphatic rings. The molecule has 122 valence electrons. The zero-order valence-electron chi connectivity index (χ0n) is 13.1. The third-order valence-corrected chi connectivity index (χ3v) is 4.35. The van der Waals surface area contributed by atoms with E-state index in [0.29, 0.717) is 29.4 Å². The summed E-state index contributed by atoms with van der Waals surface area (Å²) in [5.74, 6) is 0.688. The summed E-state index contributed by atoms with van der Waals surface area (Å²) in [6.45, 7) is 1.33. The molecule has 2 aromatic rings. The minimum absolute atomic E-state index is 0.119. The zero-order chi connectivity index (χ0) is 16.9. The van der Waals surface area contributed by atoms with Crippen molar-refractivity contribution in [1.82, 2.24) is 9.88 Å². The van der Waals surface area contributed by atoms with Gasteiger partial charge in [0.15, 0.2) is 0 Å². The number of halogens is 1. The lowest BCUT2D eigenvalue weighted by Crippen LogP contribution is -2.32. The summed E-state index contributed by atoms with van der Waals surface area (Å²) < 4.78 is 0. The van der Waals surface area contributed by atoms with Gasteiger partial charge in [0.1, 0.15) is 11.9 Å². The number of aromatic nitrogens is 1. The number of nitriles is 1. The van der Waals surface area contributed by atoms with Gasteiger partial charge in [0.25, 0.3) is 0 Å². The number of pyridine rings is 1. The number of hydrogen-bond acceptors (Lipinski definition) is 4. The maximum absolute atomic E-state index is 12.0. The molecule has 0 aliphatic carbocycles. The number of nitrogens with zero attached hydrogens (tertiary/aromatic N) is 3. The van der Waals surface area contributed by atoms with E-state index in [1.807, 2.05) is 41.3 Å². The van der Waals surface area contributed by atoms with E-state index in [0.717, 1.165) is 18.5 Å². The van der Waals surface area contributed by atoms with Crippen molar-refractivity contribution in [2.75, 3.05) is 18.4 Å². The molecule has 3 rings (SSSR count). The van der Waals surface area contributed by atoms with Crippen LogP contribution >= 0.6 is 11.6 Å². The Morgan fingerprint density at radius 2 is 2.17 bits per heavy atom. The van der Waals surface area contributed by atoms with E-state index < -0.39 is 0 Å². The number of anilines is 1. The fourth-order valence-electron chi connectivity index (χ4n) is 2.81. The summed E-state index contributed by atoms with van der Waals surface area (Å²) in [6.07, 6.45) is 2.99. The molecule has 0 unspecified atom stereocenters. The van der Waals surface area contributed by atoms with Crippen LogP contribution in [-0.2, 0) is 4.79 Å². The van der Waals surface area contributed by atoms with Crippen LogP contribution in [0.2, 0.25) is 5.02 Å². The molecule has 2 heterocycles. The van der Waals surface area contributed by atoms with Gasteiger partial charge in [0, 0.05) is 25.7 Å². The molecular weight excluding hydrogens is 324 g/mol. The number of carbonyl (C=O) groups excluding carboxylic acids is 1. The predicted octanol–water partition coefficient (Wildman–Crippen LogP) is 3.38. The normalized spacial score (nSPS) is 15.2. The van der Waals surface area contributed by atoms with Crippen LogP contribution in [0.1, 0.15) is 30.0 Å². The molecule has 1 fully saturated rings. The average Bonchev–Trinajstić information content (AvgIpc) is 3.01. The average molecular weight is 341 g/mol. The van der Waals surface area contributed by atoms with Gasteiger partial charge in [-0.2, -0.15) is 5.26 Å². The molecular formula is C18H17ClN4O. The molecule has 1 aromatic heterocycles. The number of rotatable bonds is 5. The molecule has 0 bridgehead atoms. The topological polar surface area (TPSA) is 69.0 Å². The van der Waals surface area contributed by atoms with Crippen molar-refractivity contribution in [3.8, 4) is 6.07 Å². The number of benzene rings is 1. The van der Waals surface area contributed by atoms with Crippen molar-refractivity contribution in [2.45, 2.75) is 18.9 Å². The highest BCUT2D eigenvalue weighted by Gasteiger charge is 2.25. The van der Waals surface area contributed by atoms with Crippen molar-refractivity contribution in [2.24, 2.45) is 0 Å². The third kappa shape index (κ3) is 3.66. The van der Waals surface area contributed by atoms with Crippen LogP contribution in [0.3, 0.4) is 0 Å². The van der Waals surface area contributed by atoms with E-state index in [9.17, 15) is 4.79 Å². The number of hydrogen-bond donors (Lipinski definition) is 1. The van der Waals surface area contributed by atoms with Crippen LogP contribution in [-0.4, -0.2) is 28.9 Å². The number of likely N-dealkylation sites (tertiary alicyclic amines) is 1. The molecule has 1 N–H and O–H groups in total. The van der Waals surface area contributed by atoms with Gasteiger partial charge in [-0.1, -0.05) is 41.9 Å². The molecule has 1 aromatic carbocycles. The maximum Gasteiger partial charge on any atom is 0.222 e. The molecule has 0 spiro atoms. The molecule has 1 aliphatic heterocycles. The van der Waals surface area contributed by atoms with E-state index in [1.165, 1.54) is 6.20 Å². The van der Waals surface area contributed by atoms with Crippen molar-refractivity contribution < 1.29 is 4.79 Å². The van der Waals surface area contributed by atoms with E-state index in [4.69, 9.17) is 16.9 Å². The summed E-state index contributed by atoms with van der Waals surface area (Å²) in [5, 5.41) is 12.6. The first-order chi connectivity index (χ1) is 11.7. The first-order valence-electron chi connectivity index (χ1n) is 7.82. The van der Waals surface area contributed by atoms with Crippen LogP contribution in [0, 0.1) is 11.3 Å². The largest absolute Gasteiger partial charge is 0.360 e. The summed E-state index contributed by atoms with van der Waals surface area (Å²) >= 11 is 6.23. The molecule has 1 atom stereocenters. The molecule has 6 heteroatoms. The van der Waals surface area contributed by atoms with E-state index in [2.05, 4.69) is 10.3 Å². The SMILES string of the molecule is N#Cc1cnc(N[C@@H](CN2CCCC2=O)c2ccccc2)c(Cl)c1.